The van der Waals surface area contributed by atoms with Crippen molar-refractivity contribution in [1.82, 2.24) is 0 Å². The third-order valence-corrected chi connectivity index (χ3v) is 3.47. The third-order valence-electron chi connectivity index (χ3n) is 2.78. The van der Waals surface area contributed by atoms with E-state index in [1.807, 2.05) is 19.1 Å². The second kappa shape index (κ2) is 6.05. The highest BCUT2D eigenvalue weighted by atomic mass is 79.9. The maximum Gasteiger partial charge on any atom is 0.257 e. The molecule has 2 rings (SSSR count). The number of nitrogens with one attached hydrogen (secondary N) is 1. The van der Waals surface area contributed by atoms with Gasteiger partial charge in [-0.1, -0.05) is 6.07 Å². The molecule has 0 aliphatic heterocycles. The predicted molar refractivity (Wildman–Crippen MR) is 79.8 cm³/mol. The number of carbonyl (C=O) groups is 1. The van der Waals surface area contributed by atoms with Crippen LogP contribution in [0.2, 0.25) is 0 Å². The van der Waals surface area contributed by atoms with Crippen molar-refractivity contribution < 1.29 is 13.9 Å². The van der Waals surface area contributed by atoms with E-state index in [0.717, 1.165) is 5.56 Å². The highest BCUT2D eigenvalue weighted by Crippen LogP contribution is 2.27. The Labute approximate surface area is 124 Å². The SMILES string of the molecule is COc1cc(C)ccc1NC(=O)c1cc(F)ccc1Br. The van der Waals surface area contributed by atoms with Crippen LogP contribution in [0.1, 0.15) is 15.9 Å². The molecule has 20 heavy (non-hydrogen) atoms. The van der Waals surface area contributed by atoms with Gasteiger partial charge in [-0.3, -0.25) is 4.79 Å². The molecule has 0 radical (unpaired) electrons. The van der Waals surface area contributed by atoms with E-state index >= 15 is 0 Å². The summed E-state index contributed by atoms with van der Waals surface area (Å²) in [5.74, 6) is -0.307. The second-order valence-electron chi connectivity index (χ2n) is 4.28. The summed E-state index contributed by atoms with van der Waals surface area (Å²) in [6.45, 7) is 1.93. The molecule has 104 valence electrons. The Kier molecular flexibility index (Phi) is 4.39. The Bertz CT molecular complexity index is 658. The summed E-state index contributed by atoms with van der Waals surface area (Å²) >= 11 is 3.23. The second-order valence-corrected chi connectivity index (χ2v) is 5.14. The average Bonchev–Trinajstić information content (AvgIpc) is 2.43. The van der Waals surface area contributed by atoms with E-state index in [4.69, 9.17) is 4.74 Å². The third kappa shape index (κ3) is 3.17. The lowest BCUT2D eigenvalue weighted by molar-refractivity contribution is 0.102. The molecule has 0 saturated carbocycles. The van der Waals surface area contributed by atoms with E-state index in [9.17, 15) is 9.18 Å². The first-order valence-corrected chi connectivity index (χ1v) is 6.71. The Morgan fingerprint density at radius 1 is 1.25 bits per heavy atom. The molecule has 1 amide bonds. The molecule has 0 atom stereocenters. The highest BCUT2D eigenvalue weighted by molar-refractivity contribution is 9.10. The summed E-state index contributed by atoms with van der Waals surface area (Å²) in [5.41, 5.74) is 1.79. The van der Waals surface area contributed by atoms with Crippen molar-refractivity contribution in [3.05, 3.63) is 57.8 Å². The number of methoxy groups -OCH3 is 1. The molecule has 0 heterocycles. The van der Waals surface area contributed by atoms with Crippen molar-refractivity contribution in [3.63, 3.8) is 0 Å². The van der Waals surface area contributed by atoms with Crippen LogP contribution >= 0.6 is 15.9 Å². The van der Waals surface area contributed by atoms with Crippen LogP contribution in [0.3, 0.4) is 0 Å². The largest absolute Gasteiger partial charge is 0.495 e. The van der Waals surface area contributed by atoms with Crippen molar-refractivity contribution in [2.75, 3.05) is 12.4 Å². The molecule has 0 spiro atoms. The number of anilines is 1. The van der Waals surface area contributed by atoms with E-state index in [1.54, 1.807) is 6.07 Å². The van der Waals surface area contributed by atoms with Crippen molar-refractivity contribution in [3.8, 4) is 5.75 Å². The Morgan fingerprint density at radius 2 is 2.00 bits per heavy atom. The van der Waals surface area contributed by atoms with Crippen LogP contribution in [-0.4, -0.2) is 13.0 Å². The summed E-state index contributed by atoms with van der Waals surface area (Å²) in [4.78, 5) is 12.2. The zero-order valence-electron chi connectivity index (χ0n) is 11.0. The van der Waals surface area contributed by atoms with Gasteiger partial charge in [-0.15, -0.1) is 0 Å². The maximum absolute atomic E-state index is 13.2. The van der Waals surface area contributed by atoms with Crippen molar-refractivity contribution in [1.29, 1.82) is 0 Å². The minimum Gasteiger partial charge on any atom is -0.495 e. The lowest BCUT2D eigenvalue weighted by Gasteiger charge is -2.11. The molecule has 0 fully saturated rings. The van der Waals surface area contributed by atoms with Crippen LogP contribution in [0.5, 0.6) is 5.75 Å². The molecule has 0 aliphatic carbocycles. The van der Waals surface area contributed by atoms with Crippen molar-refractivity contribution in [2.45, 2.75) is 6.92 Å². The number of ether oxygens (including phenoxy) is 1. The monoisotopic (exact) mass is 337 g/mol. The number of amides is 1. The number of hydrogen-bond acceptors (Lipinski definition) is 2. The normalized spacial score (nSPS) is 10.2. The molecule has 3 nitrogen and oxygen atoms in total. The predicted octanol–water partition coefficient (Wildman–Crippen LogP) is 4.16. The zero-order chi connectivity index (χ0) is 14.7. The number of rotatable bonds is 3. The average molecular weight is 338 g/mol. The van der Waals surface area contributed by atoms with Gasteiger partial charge < -0.3 is 10.1 Å². The molecule has 1 N–H and O–H groups in total. The molecular formula is C15H13BrFNO2. The number of halogens is 2. The fourth-order valence-electron chi connectivity index (χ4n) is 1.76. The quantitative estimate of drug-likeness (QED) is 0.913. The van der Waals surface area contributed by atoms with Gasteiger partial charge in [0.2, 0.25) is 0 Å². The molecule has 2 aromatic carbocycles. The molecule has 0 aliphatic rings. The standard InChI is InChI=1S/C15H13BrFNO2/c1-9-3-6-13(14(7-9)20-2)18-15(19)11-8-10(17)4-5-12(11)16/h3-8H,1-2H3,(H,18,19). The van der Waals surface area contributed by atoms with E-state index < -0.39 is 11.7 Å². The van der Waals surface area contributed by atoms with Crippen LogP contribution in [0.4, 0.5) is 10.1 Å². The lowest BCUT2D eigenvalue weighted by Crippen LogP contribution is -2.13. The topological polar surface area (TPSA) is 38.3 Å². The van der Waals surface area contributed by atoms with Gasteiger partial charge in [-0.05, 0) is 58.7 Å². The van der Waals surface area contributed by atoms with Crippen LogP contribution in [0, 0.1) is 12.7 Å². The first-order chi connectivity index (χ1) is 9.51. The number of carbonyl (C=O) groups excluding carboxylic acids is 1. The van der Waals surface area contributed by atoms with Gasteiger partial charge in [-0.25, -0.2) is 4.39 Å². The van der Waals surface area contributed by atoms with Gasteiger partial charge in [0.15, 0.2) is 0 Å². The smallest absolute Gasteiger partial charge is 0.257 e. The van der Waals surface area contributed by atoms with Gasteiger partial charge in [0, 0.05) is 4.47 Å². The maximum atomic E-state index is 13.2. The molecular weight excluding hydrogens is 325 g/mol. The summed E-state index contributed by atoms with van der Waals surface area (Å²) in [5, 5.41) is 2.71. The Balaban J connectivity index is 2.30. The van der Waals surface area contributed by atoms with E-state index in [-0.39, 0.29) is 5.56 Å². The highest BCUT2D eigenvalue weighted by Gasteiger charge is 2.13. The summed E-state index contributed by atoms with van der Waals surface area (Å²) in [6.07, 6.45) is 0. The van der Waals surface area contributed by atoms with Gasteiger partial charge in [0.05, 0.1) is 18.4 Å². The molecule has 0 saturated heterocycles. The van der Waals surface area contributed by atoms with Crippen LogP contribution in [0.25, 0.3) is 0 Å². The van der Waals surface area contributed by atoms with Gasteiger partial charge in [-0.2, -0.15) is 0 Å². The molecule has 0 bridgehead atoms. The first-order valence-electron chi connectivity index (χ1n) is 5.92. The first kappa shape index (κ1) is 14.5. The fourth-order valence-corrected chi connectivity index (χ4v) is 2.19. The van der Waals surface area contributed by atoms with Crippen LogP contribution < -0.4 is 10.1 Å². The number of benzene rings is 2. The lowest BCUT2D eigenvalue weighted by atomic mass is 10.1. The fraction of sp³-hybridized carbons (Fsp3) is 0.133. The zero-order valence-corrected chi connectivity index (χ0v) is 12.6. The number of hydrogen-bond donors (Lipinski definition) is 1. The number of aryl methyl sites for hydroxylation is 1. The van der Waals surface area contributed by atoms with Crippen LogP contribution in [0.15, 0.2) is 40.9 Å². The summed E-state index contributed by atoms with van der Waals surface area (Å²) in [6, 6.07) is 9.39. The van der Waals surface area contributed by atoms with Gasteiger partial charge >= 0.3 is 0 Å². The summed E-state index contributed by atoms with van der Waals surface area (Å²) in [7, 11) is 1.53. The van der Waals surface area contributed by atoms with Crippen LogP contribution in [-0.2, 0) is 0 Å². The van der Waals surface area contributed by atoms with E-state index in [1.165, 1.54) is 25.3 Å². The van der Waals surface area contributed by atoms with Gasteiger partial charge in [0.25, 0.3) is 5.91 Å². The molecule has 2 aromatic rings. The molecule has 0 unspecified atom stereocenters. The molecule has 5 heteroatoms. The van der Waals surface area contributed by atoms with Gasteiger partial charge in [0.1, 0.15) is 11.6 Å². The van der Waals surface area contributed by atoms with E-state index in [0.29, 0.717) is 15.9 Å². The van der Waals surface area contributed by atoms with Crippen molar-refractivity contribution >= 4 is 27.5 Å². The minimum atomic E-state index is -0.464. The Morgan fingerprint density at radius 3 is 2.70 bits per heavy atom. The molecule has 0 aromatic heterocycles. The van der Waals surface area contributed by atoms with Crippen molar-refractivity contribution in [2.24, 2.45) is 0 Å². The summed E-state index contributed by atoms with van der Waals surface area (Å²) < 4.78 is 19.0. The Hall–Kier alpha value is -1.88. The minimum absolute atomic E-state index is 0.229. The van der Waals surface area contributed by atoms with E-state index in [2.05, 4.69) is 21.2 Å².